The molecule has 0 rings (SSSR count). The second-order valence-corrected chi connectivity index (χ2v) is 3.44. The maximum atomic E-state index is 11.2. The van der Waals surface area contributed by atoms with Crippen LogP contribution in [0.2, 0.25) is 0 Å². The van der Waals surface area contributed by atoms with Gasteiger partial charge in [-0.15, -0.1) is 0 Å². The maximum Gasteiger partial charge on any atom is 0.248 e. The molecule has 0 aromatic rings. The predicted molar refractivity (Wildman–Crippen MR) is 55.2 cm³/mol. The molecule has 0 radical (unpaired) electrons. The molecule has 0 aliphatic carbocycles. The zero-order valence-corrected chi connectivity index (χ0v) is 9.50. The van der Waals surface area contributed by atoms with Gasteiger partial charge in [0.15, 0.2) is 0 Å². The first kappa shape index (κ1) is 13.4. The third-order valence-corrected chi connectivity index (χ3v) is 1.79. The first-order valence-electron chi connectivity index (χ1n) is 5.00. The SMILES string of the molecule is CO[C@H](C)C(=O)NCCCOC(C)C. The van der Waals surface area contributed by atoms with Crippen molar-refractivity contribution in [2.45, 2.75) is 39.4 Å². The molecule has 84 valence electrons. The van der Waals surface area contributed by atoms with Crippen molar-refractivity contribution in [2.24, 2.45) is 0 Å². The molecule has 4 heteroatoms. The highest BCUT2D eigenvalue weighted by Crippen LogP contribution is 1.90. The number of carbonyl (C=O) groups is 1. The first-order valence-corrected chi connectivity index (χ1v) is 5.00. The van der Waals surface area contributed by atoms with Crippen molar-refractivity contribution in [3.05, 3.63) is 0 Å². The Morgan fingerprint density at radius 1 is 1.36 bits per heavy atom. The van der Waals surface area contributed by atoms with E-state index in [2.05, 4.69) is 5.32 Å². The molecule has 0 aromatic carbocycles. The zero-order chi connectivity index (χ0) is 11.0. The monoisotopic (exact) mass is 203 g/mol. The molecule has 0 unspecified atom stereocenters. The number of rotatable bonds is 7. The zero-order valence-electron chi connectivity index (χ0n) is 9.50. The van der Waals surface area contributed by atoms with Gasteiger partial charge in [0.1, 0.15) is 6.10 Å². The molecule has 0 heterocycles. The lowest BCUT2D eigenvalue weighted by Crippen LogP contribution is -2.34. The number of hydrogen-bond donors (Lipinski definition) is 1. The van der Waals surface area contributed by atoms with E-state index < -0.39 is 0 Å². The molecule has 1 amide bonds. The Bertz CT molecular complexity index is 159. The Morgan fingerprint density at radius 2 is 2.00 bits per heavy atom. The molecule has 0 saturated carbocycles. The number of amides is 1. The Morgan fingerprint density at radius 3 is 2.50 bits per heavy atom. The van der Waals surface area contributed by atoms with E-state index in [1.165, 1.54) is 7.11 Å². The van der Waals surface area contributed by atoms with E-state index in [0.29, 0.717) is 13.2 Å². The molecule has 0 spiro atoms. The third-order valence-electron chi connectivity index (χ3n) is 1.79. The van der Waals surface area contributed by atoms with E-state index in [-0.39, 0.29) is 18.1 Å². The van der Waals surface area contributed by atoms with Crippen molar-refractivity contribution < 1.29 is 14.3 Å². The van der Waals surface area contributed by atoms with Crippen LogP contribution in [0.3, 0.4) is 0 Å². The van der Waals surface area contributed by atoms with Gasteiger partial charge in [-0.2, -0.15) is 0 Å². The quantitative estimate of drug-likeness (QED) is 0.627. The van der Waals surface area contributed by atoms with Crippen LogP contribution in [0.25, 0.3) is 0 Å². The molecule has 0 saturated heterocycles. The lowest BCUT2D eigenvalue weighted by molar-refractivity contribution is -0.130. The highest BCUT2D eigenvalue weighted by atomic mass is 16.5. The minimum Gasteiger partial charge on any atom is -0.379 e. The maximum absolute atomic E-state index is 11.2. The smallest absolute Gasteiger partial charge is 0.248 e. The molecule has 1 atom stereocenters. The van der Waals surface area contributed by atoms with Crippen LogP contribution in [0.5, 0.6) is 0 Å². The summed E-state index contributed by atoms with van der Waals surface area (Å²) in [6.07, 6.45) is 0.713. The number of carbonyl (C=O) groups excluding carboxylic acids is 1. The van der Waals surface area contributed by atoms with E-state index in [4.69, 9.17) is 9.47 Å². The standard InChI is InChI=1S/C10H21NO3/c1-8(2)14-7-5-6-11-10(12)9(3)13-4/h8-9H,5-7H2,1-4H3,(H,11,12)/t9-/m1/s1. The lowest BCUT2D eigenvalue weighted by atomic mass is 10.3. The molecular weight excluding hydrogens is 182 g/mol. The molecule has 0 fully saturated rings. The fraction of sp³-hybridized carbons (Fsp3) is 0.900. The van der Waals surface area contributed by atoms with Gasteiger partial charge >= 0.3 is 0 Å². The van der Waals surface area contributed by atoms with Gasteiger partial charge in [-0.25, -0.2) is 0 Å². The molecule has 4 nitrogen and oxygen atoms in total. The van der Waals surface area contributed by atoms with Crippen molar-refractivity contribution in [2.75, 3.05) is 20.3 Å². The van der Waals surface area contributed by atoms with Gasteiger partial charge in [-0.3, -0.25) is 4.79 Å². The van der Waals surface area contributed by atoms with Crippen molar-refractivity contribution in [1.29, 1.82) is 0 Å². The minimum atomic E-state index is -0.374. The number of hydrogen-bond acceptors (Lipinski definition) is 3. The normalized spacial score (nSPS) is 12.9. The summed E-state index contributed by atoms with van der Waals surface area (Å²) in [6.45, 7) is 7.02. The highest BCUT2D eigenvalue weighted by molar-refractivity contribution is 5.80. The average Bonchev–Trinajstić information content (AvgIpc) is 2.15. The molecular formula is C10H21NO3. The van der Waals surface area contributed by atoms with Crippen molar-refractivity contribution >= 4 is 5.91 Å². The third kappa shape index (κ3) is 6.86. The van der Waals surface area contributed by atoms with E-state index in [0.717, 1.165) is 6.42 Å². The van der Waals surface area contributed by atoms with E-state index in [1.54, 1.807) is 6.92 Å². The second kappa shape index (κ2) is 7.76. The second-order valence-electron chi connectivity index (χ2n) is 3.44. The summed E-state index contributed by atoms with van der Waals surface area (Å²) >= 11 is 0. The van der Waals surface area contributed by atoms with Crippen LogP contribution in [0, 0.1) is 0 Å². The van der Waals surface area contributed by atoms with Crippen LogP contribution in [-0.4, -0.2) is 38.4 Å². The van der Waals surface area contributed by atoms with Gasteiger partial charge in [-0.05, 0) is 27.2 Å². The summed E-state index contributed by atoms with van der Waals surface area (Å²) in [5.74, 6) is -0.0722. The largest absolute Gasteiger partial charge is 0.379 e. The topological polar surface area (TPSA) is 47.6 Å². The number of methoxy groups -OCH3 is 1. The molecule has 0 aliphatic heterocycles. The number of nitrogens with one attached hydrogen (secondary N) is 1. The summed E-state index contributed by atoms with van der Waals surface area (Å²) in [7, 11) is 1.52. The summed E-state index contributed by atoms with van der Waals surface area (Å²) in [5.41, 5.74) is 0. The summed E-state index contributed by atoms with van der Waals surface area (Å²) in [4.78, 5) is 11.2. The highest BCUT2D eigenvalue weighted by Gasteiger charge is 2.09. The van der Waals surface area contributed by atoms with Gasteiger partial charge < -0.3 is 14.8 Å². The Kier molecular flexibility index (Phi) is 7.42. The van der Waals surface area contributed by atoms with Gasteiger partial charge in [0, 0.05) is 20.3 Å². The van der Waals surface area contributed by atoms with Gasteiger partial charge in [0.2, 0.25) is 5.91 Å². The molecule has 1 N–H and O–H groups in total. The van der Waals surface area contributed by atoms with Crippen LogP contribution >= 0.6 is 0 Å². The Labute approximate surface area is 86.0 Å². The van der Waals surface area contributed by atoms with Crippen LogP contribution in [0.15, 0.2) is 0 Å². The van der Waals surface area contributed by atoms with Gasteiger partial charge in [0.25, 0.3) is 0 Å². The Balaban J connectivity index is 3.32. The van der Waals surface area contributed by atoms with E-state index in [9.17, 15) is 4.79 Å². The predicted octanol–water partition coefficient (Wildman–Crippen LogP) is 0.953. The average molecular weight is 203 g/mol. The number of ether oxygens (including phenoxy) is 2. The summed E-state index contributed by atoms with van der Waals surface area (Å²) in [6, 6.07) is 0. The minimum absolute atomic E-state index is 0.0722. The molecule has 0 aliphatic rings. The van der Waals surface area contributed by atoms with Crippen molar-refractivity contribution in [1.82, 2.24) is 5.32 Å². The molecule has 0 bridgehead atoms. The van der Waals surface area contributed by atoms with E-state index >= 15 is 0 Å². The fourth-order valence-corrected chi connectivity index (χ4v) is 0.854. The molecule has 0 aromatic heterocycles. The van der Waals surface area contributed by atoms with Crippen molar-refractivity contribution in [3.63, 3.8) is 0 Å². The Hall–Kier alpha value is -0.610. The lowest BCUT2D eigenvalue weighted by Gasteiger charge is -2.11. The first-order chi connectivity index (χ1) is 6.57. The summed E-state index contributed by atoms with van der Waals surface area (Å²) in [5, 5.41) is 2.76. The van der Waals surface area contributed by atoms with Crippen molar-refractivity contribution in [3.8, 4) is 0 Å². The van der Waals surface area contributed by atoms with Crippen LogP contribution in [0.1, 0.15) is 27.2 Å². The molecule has 14 heavy (non-hydrogen) atoms. The fourth-order valence-electron chi connectivity index (χ4n) is 0.854. The van der Waals surface area contributed by atoms with Crippen LogP contribution in [-0.2, 0) is 14.3 Å². The van der Waals surface area contributed by atoms with E-state index in [1.807, 2.05) is 13.8 Å². The van der Waals surface area contributed by atoms with Gasteiger partial charge in [-0.1, -0.05) is 0 Å². The van der Waals surface area contributed by atoms with Crippen LogP contribution in [0.4, 0.5) is 0 Å². The van der Waals surface area contributed by atoms with Gasteiger partial charge in [0.05, 0.1) is 6.10 Å². The van der Waals surface area contributed by atoms with Crippen LogP contribution < -0.4 is 5.32 Å². The summed E-state index contributed by atoms with van der Waals surface area (Å²) < 4.78 is 10.2.